The van der Waals surface area contributed by atoms with Crippen molar-refractivity contribution in [2.45, 2.75) is 38.6 Å². The Kier molecular flexibility index (Phi) is 5.20. The van der Waals surface area contributed by atoms with Gasteiger partial charge in [0.05, 0.1) is 6.61 Å². The first kappa shape index (κ1) is 15.4. The highest BCUT2D eigenvalue weighted by Gasteiger charge is 2.32. The van der Waals surface area contributed by atoms with E-state index in [1.54, 1.807) is 6.92 Å². The van der Waals surface area contributed by atoms with Crippen LogP contribution in [-0.2, 0) is 19.1 Å². The first-order valence-corrected chi connectivity index (χ1v) is 7.26. The monoisotopic (exact) mass is 291 g/mol. The summed E-state index contributed by atoms with van der Waals surface area (Å²) in [6, 6.07) is 8.03. The van der Waals surface area contributed by atoms with E-state index in [0.29, 0.717) is 26.1 Å². The van der Waals surface area contributed by atoms with Crippen LogP contribution in [0.1, 0.15) is 38.2 Å². The molecular weight excluding hydrogens is 270 g/mol. The summed E-state index contributed by atoms with van der Waals surface area (Å²) in [7, 11) is 0. The van der Waals surface area contributed by atoms with E-state index in [4.69, 9.17) is 9.47 Å². The highest BCUT2D eigenvalue weighted by molar-refractivity contribution is 5.70. The second-order valence-electron chi connectivity index (χ2n) is 5.09. The standard InChI is InChI=1S/C16H21NO4/c1-3-20-16(19)9-8-15-13(10-21-11(2)18)12-6-4-5-7-14(12)17-15/h4-7,13,15,17H,3,8-10H2,1-2H3/t13-,15+/m0/s1. The van der Waals surface area contributed by atoms with Crippen molar-refractivity contribution >= 4 is 17.6 Å². The number of fused-ring (bicyclic) bond motifs is 1. The molecule has 0 aromatic heterocycles. The summed E-state index contributed by atoms with van der Waals surface area (Å²) in [6.45, 7) is 3.92. The predicted octanol–water partition coefficient (Wildman–Crippen LogP) is 2.47. The zero-order valence-corrected chi connectivity index (χ0v) is 12.4. The molecule has 2 rings (SSSR count). The quantitative estimate of drug-likeness (QED) is 0.816. The van der Waals surface area contributed by atoms with Gasteiger partial charge < -0.3 is 14.8 Å². The lowest BCUT2D eigenvalue weighted by Gasteiger charge is -2.19. The molecule has 0 fully saturated rings. The van der Waals surface area contributed by atoms with Gasteiger partial charge in [-0.25, -0.2) is 0 Å². The van der Waals surface area contributed by atoms with Gasteiger partial charge in [0.2, 0.25) is 0 Å². The minimum absolute atomic E-state index is 0.0690. The maximum atomic E-state index is 11.5. The van der Waals surface area contributed by atoms with E-state index in [2.05, 4.69) is 5.32 Å². The van der Waals surface area contributed by atoms with Crippen molar-refractivity contribution in [2.24, 2.45) is 0 Å². The number of para-hydroxylation sites is 1. The number of hydrogen-bond acceptors (Lipinski definition) is 5. The Morgan fingerprint density at radius 1 is 1.24 bits per heavy atom. The third-order valence-corrected chi connectivity index (χ3v) is 3.62. The Hall–Kier alpha value is -2.04. The molecule has 0 saturated carbocycles. The molecule has 1 N–H and O–H groups in total. The number of hydrogen-bond donors (Lipinski definition) is 1. The number of rotatable bonds is 6. The zero-order valence-electron chi connectivity index (χ0n) is 12.4. The molecule has 0 bridgehead atoms. The molecular formula is C16H21NO4. The predicted molar refractivity (Wildman–Crippen MR) is 79.1 cm³/mol. The normalized spacial score (nSPS) is 19.5. The van der Waals surface area contributed by atoms with E-state index >= 15 is 0 Å². The molecule has 1 aromatic rings. The fraction of sp³-hybridized carbons (Fsp3) is 0.500. The average Bonchev–Trinajstić information content (AvgIpc) is 2.81. The lowest BCUT2D eigenvalue weighted by molar-refractivity contribution is -0.144. The molecule has 1 aliphatic rings. The Morgan fingerprint density at radius 3 is 2.71 bits per heavy atom. The Bertz CT molecular complexity index is 515. The van der Waals surface area contributed by atoms with Crippen molar-refractivity contribution in [3.05, 3.63) is 29.8 Å². The molecule has 21 heavy (non-hydrogen) atoms. The zero-order chi connectivity index (χ0) is 15.2. The summed E-state index contributed by atoms with van der Waals surface area (Å²) in [5.74, 6) is -0.412. The summed E-state index contributed by atoms with van der Waals surface area (Å²) < 4.78 is 10.1. The fourth-order valence-electron chi connectivity index (χ4n) is 2.66. The van der Waals surface area contributed by atoms with Gasteiger partial charge in [-0.05, 0) is 25.0 Å². The van der Waals surface area contributed by atoms with Crippen LogP contribution in [-0.4, -0.2) is 31.2 Å². The number of carbonyl (C=O) groups excluding carboxylic acids is 2. The molecule has 2 atom stereocenters. The van der Waals surface area contributed by atoms with Crippen molar-refractivity contribution in [3.8, 4) is 0 Å². The maximum Gasteiger partial charge on any atom is 0.305 e. The molecule has 0 spiro atoms. The third-order valence-electron chi connectivity index (χ3n) is 3.62. The lowest BCUT2D eigenvalue weighted by atomic mass is 9.93. The van der Waals surface area contributed by atoms with Crippen LogP contribution in [0.4, 0.5) is 5.69 Å². The minimum Gasteiger partial charge on any atom is -0.466 e. The smallest absolute Gasteiger partial charge is 0.305 e. The molecule has 1 heterocycles. The van der Waals surface area contributed by atoms with E-state index in [1.165, 1.54) is 6.92 Å². The van der Waals surface area contributed by atoms with Gasteiger partial charge in [0.25, 0.3) is 0 Å². The number of esters is 2. The molecule has 0 unspecified atom stereocenters. The second-order valence-corrected chi connectivity index (χ2v) is 5.09. The molecule has 0 aliphatic carbocycles. The summed E-state index contributed by atoms with van der Waals surface area (Å²) >= 11 is 0. The first-order valence-electron chi connectivity index (χ1n) is 7.26. The van der Waals surface area contributed by atoms with E-state index < -0.39 is 0 Å². The van der Waals surface area contributed by atoms with Gasteiger partial charge in [-0.3, -0.25) is 9.59 Å². The number of ether oxygens (including phenoxy) is 2. The highest BCUT2D eigenvalue weighted by Crippen LogP contribution is 2.37. The largest absolute Gasteiger partial charge is 0.466 e. The van der Waals surface area contributed by atoms with Crippen LogP contribution in [0.25, 0.3) is 0 Å². The van der Waals surface area contributed by atoms with Crippen LogP contribution < -0.4 is 5.32 Å². The van der Waals surface area contributed by atoms with Gasteiger partial charge in [-0.2, -0.15) is 0 Å². The number of benzene rings is 1. The van der Waals surface area contributed by atoms with Crippen LogP contribution in [0, 0.1) is 0 Å². The SMILES string of the molecule is CCOC(=O)CC[C@H]1Nc2ccccc2[C@@H]1COC(C)=O. The van der Waals surface area contributed by atoms with Gasteiger partial charge in [0.1, 0.15) is 6.61 Å². The Balaban J connectivity index is 2.02. The molecule has 5 heteroatoms. The summed E-state index contributed by atoms with van der Waals surface area (Å²) in [6.07, 6.45) is 1.01. The molecule has 1 aromatic carbocycles. The van der Waals surface area contributed by atoms with Crippen LogP contribution in [0.5, 0.6) is 0 Å². The van der Waals surface area contributed by atoms with Gasteiger partial charge in [-0.15, -0.1) is 0 Å². The first-order chi connectivity index (χ1) is 10.1. The van der Waals surface area contributed by atoms with Crippen LogP contribution in [0.2, 0.25) is 0 Å². The average molecular weight is 291 g/mol. The summed E-state index contributed by atoms with van der Waals surface area (Å²) in [5, 5.41) is 3.41. The molecule has 1 aliphatic heterocycles. The Labute approximate surface area is 124 Å². The van der Waals surface area contributed by atoms with Gasteiger partial charge in [-0.1, -0.05) is 18.2 Å². The minimum atomic E-state index is -0.288. The van der Waals surface area contributed by atoms with Gasteiger partial charge in [0.15, 0.2) is 0 Å². The highest BCUT2D eigenvalue weighted by atomic mass is 16.5. The van der Waals surface area contributed by atoms with Crippen LogP contribution in [0.15, 0.2) is 24.3 Å². The van der Waals surface area contributed by atoms with E-state index in [-0.39, 0.29) is 23.9 Å². The van der Waals surface area contributed by atoms with Crippen LogP contribution in [0.3, 0.4) is 0 Å². The lowest BCUT2D eigenvalue weighted by Crippen LogP contribution is -2.26. The van der Waals surface area contributed by atoms with Gasteiger partial charge in [0, 0.05) is 31.0 Å². The van der Waals surface area contributed by atoms with E-state index in [0.717, 1.165) is 11.3 Å². The summed E-state index contributed by atoms with van der Waals surface area (Å²) in [5.41, 5.74) is 2.18. The topological polar surface area (TPSA) is 64.6 Å². The van der Waals surface area contributed by atoms with Gasteiger partial charge >= 0.3 is 11.9 Å². The number of nitrogens with one attached hydrogen (secondary N) is 1. The van der Waals surface area contributed by atoms with Crippen molar-refractivity contribution in [1.82, 2.24) is 0 Å². The van der Waals surface area contributed by atoms with Crippen molar-refractivity contribution < 1.29 is 19.1 Å². The molecule has 0 saturated heterocycles. The number of carbonyl (C=O) groups is 2. The third kappa shape index (κ3) is 3.97. The van der Waals surface area contributed by atoms with Crippen molar-refractivity contribution in [1.29, 1.82) is 0 Å². The number of anilines is 1. The molecule has 0 radical (unpaired) electrons. The van der Waals surface area contributed by atoms with Crippen molar-refractivity contribution in [3.63, 3.8) is 0 Å². The Morgan fingerprint density at radius 2 is 2.00 bits per heavy atom. The molecule has 0 amide bonds. The van der Waals surface area contributed by atoms with Crippen LogP contribution >= 0.6 is 0 Å². The molecule has 114 valence electrons. The maximum absolute atomic E-state index is 11.5. The van der Waals surface area contributed by atoms with Crippen molar-refractivity contribution in [2.75, 3.05) is 18.5 Å². The second kappa shape index (κ2) is 7.11. The molecule has 5 nitrogen and oxygen atoms in total. The fourth-order valence-corrected chi connectivity index (χ4v) is 2.66. The van der Waals surface area contributed by atoms with E-state index in [1.807, 2.05) is 24.3 Å². The summed E-state index contributed by atoms with van der Waals surface area (Å²) in [4.78, 5) is 22.6. The van der Waals surface area contributed by atoms with E-state index in [9.17, 15) is 9.59 Å².